The Labute approximate surface area is 157 Å². The summed E-state index contributed by atoms with van der Waals surface area (Å²) in [4.78, 5) is 34.2. The minimum atomic E-state index is -0.0559. The Hall–Kier alpha value is -1.73. The number of hydrogen-bond donors (Lipinski definition) is 1. The summed E-state index contributed by atoms with van der Waals surface area (Å²) in [5.41, 5.74) is 0.812. The first kappa shape index (κ1) is 17.7. The number of aromatic nitrogens is 2. The molecule has 1 N–H and O–H groups in total. The number of amides is 1. The quantitative estimate of drug-likeness (QED) is 0.876. The first-order valence-electron chi connectivity index (χ1n) is 9.57. The number of rotatable bonds is 2. The zero-order valence-electron chi connectivity index (χ0n) is 15.5. The lowest BCUT2D eigenvalue weighted by molar-refractivity contribution is 0.0920. The second kappa shape index (κ2) is 7.12. The zero-order chi connectivity index (χ0) is 18.3. The first-order chi connectivity index (χ1) is 12.5. The third-order valence-electron chi connectivity index (χ3n) is 5.67. The third kappa shape index (κ3) is 3.18. The minimum absolute atomic E-state index is 0.0268. The minimum Gasteiger partial charge on any atom is -0.349 e. The maximum atomic E-state index is 13.0. The van der Waals surface area contributed by atoms with Gasteiger partial charge in [0.1, 0.15) is 10.7 Å². The van der Waals surface area contributed by atoms with E-state index < -0.39 is 0 Å². The molecule has 2 aliphatic heterocycles. The van der Waals surface area contributed by atoms with E-state index in [1.807, 2.05) is 11.5 Å². The van der Waals surface area contributed by atoms with E-state index in [0.717, 1.165) is 69.5 Å². The molecular formula is C19H26N4O2S. The van der Waals surface area contributed by atoms with E-state index in [9.17, 15) is 9.59 Å². The molecule has 0 saturated carbocycles. The Balaban J connectivity index is 1.66. The molecule has 0 unspecified atom stereocenters. The lowest BCUT2D eigenvalue weighted by Gasteiger charge is -2.29. The summed E-state index contributed by atoms with van der Waals surface area (Å²) in [7, 11) is 2.11. The van der Waals surface area contributed by atoms with E-state index in [-0.39, 0.29) is 17.5 Å². The van der Waals surface area contributed by atoms with Crippen LogP contribution in [0.4, 0.5) is 0 Å². The van der Waals surface area contributed by atoms with Crippen LogP contribution in [0.2, 0.25) is 0 Å². The fourth-order valence-corrected chi connectivity index (χ4v) is 5.12. The number of aryl methyl sites for hydroxylation is 2. The van der Waals surface area contributed by atoms with Gasteiger partial charge in [-0.2, -0.15) is 0 Å². The number of nitrogens with one attached hydrogen (secondary N) is 1. The highest BCUT2D eigenvalue weighted by atomic mass is 32.1. The third-order valence-corrected chi connectivity index (χ3v) is 6.86. The number of piperidine rings is 1. The van der Waals surface area contributed by atoms with Crippen molar-refractivity contribution in [3.8, 4) is 0 Å². The predicted octanol–water partition coefficient (Wildman–Crippen LogP) is 2.32. The number of nitrogens with zero attached hydrogens (tertiary/aromatic N) is 3. The van der Waals surface area contributed by atoms with Gasteiger partial charge in [0.05, 0.1) is 10.3 Å². The summed E-state index contributed by atoms with van der Waals surface area (Å²) >= 11 is 1.37. The van der Waals surface area contributed by atoms with Crippen LogP contribution in [0.5, 0.6) is 0 Å². The van der Waals surface area contributed by atoms with Crippen LogP contribution >= 0.6 is 11.3 Å². The van der Waals surface area contributed by atoms with Crippen LogP contribution in [0.25, 0.3) is 10.2 Å². The van der Waals surface area contributed by atoms with Crippen molar-refractivity contribution in [3.05, 3.63) is 26.6 Å². The summed E-state index contributed by atoms with van der Waals surface area (Å²) in [6.45, 7) is 4.64. The molecular weight excluding hydrogens is 348 g/mol. The van der Waals surface area contributed by atoms with Gasteiger partial charge < -0.3 is 10.2 Å². The van der Waals surface area contributed by atoms with Crippen molar-refractivity contribution in [2.45, 2.75) is 58.0 Å². The van der Waals surface area contributed by atoms with Gasteiger partial charge in [-0.25, -0.2) is 4.98 Å². The summed E-state index contributed by atoms with van der Waals surface area (Å²) in [6, 6.07) is 0.217. The average Bonchev–Trinajstić information content (AvgIpc) is 2.80. The molecule has 2 aliphatic rings. The van der Waals surface area contributed by atoms with E-state index in [0.29, 0.717) is 15.1 Å². The Morgan fingerprint density at radius 2 is 1.96 bits per heavy atom. The summed E-state index contributed by atoms with van der Waals surface area (Å²) in [5, 5.41) is 3.80. The Bertz CT molecular complexity index is 893. The molecule has 2 aromatic rings. The van der Waals surface area contributed by atoms with Crippen LogP contribution in [0.3, 0.4) is 0 Å². The maximum absolute atomic E-state index is 13.0. The lowest BCUT2D eigenvalue weighted by Crippen LogP contribution is -2.43. The fraction of sp³-hybridized carbons (Fsp3) is 0.632. The molecule has 4 rings (SSSR count). The Kier molecular flexibility index (Phi) is 4.84. The molecule has 0 aromatic carbocycles. The largest absolute Gasteiger partial charge is 0.349 e. The van der Waals surface area contributed by atoms with Crippen LogP contribution in [-0.2, 0) is 13.0 Å². The number of carbonyl (C=O) groups excluding carboxylic acids is 1. The molecule has 7 heteroatoms. The summed E-state index contributed by atoms with van der Waals surface area (Å²) in [6.07, 6.45) is 6.03. The number of thiophene rings is 1. The number of likely N-dealkylation sites (tertiary alicyclic amines) is 1. The Morgan fingerprint density at radius 1 is 1.19 bits per heavy atom. The second-order valence-corrected chi connectivity index (χ2v) is 8.58. The predicted molar refractivity (Wildman–Crippen MR) is 104 cm³/mol. The van der Waals surface area contributed by atoms with Gasteiger partial charge in [0.25, 0.3) is 11.5 Å². The van der Waals surface area contributed by atoms with E-state index in [2.05, 4.69) is 17.3 Å². The van der Waals surface area contributed by atoms with Crippen molar-refractivity contribution in [2.24, 2.45) is 0 Å². The van der Waals surface area contributed by atoms with E-state index in [4.69, 9.17) is 4.98 Å². The maximum Gasteiger partial charge on any atom is 0.262 e. The van der Waals surface area contributed by atoms with Gasteiger partial charge in [-0.05, 0) is 58.3 Å². The van der Waals surface area contributed by atoms with Gasteiger partial charge in [0, 0.05) is 19.0 Å². The molecule has 1 amide bonds. The van der Waals surface area contributed by atoms with Crippen LogP contribution in [0, 0.1) is 6.92 Å². The molecule has 1 saturated heterocycles. The number of carbonyl (C=O) groups is 1. The highest BCUT2D eigenvalue weighted by Gasteiger charge is 2.24. The molecule has 0 radical (unpaired) electrons. The van der Waals surface area contributed by atoms with Crippen molar-refractivity contribution in [1.29, 1.82) is 0 Å². The highest BCUT2D eigenvalue weighted by Crippen LogP contribution is 2.28. The molecule has 26 heavy (non-hydrogen) atoms. The van der Waals surface area contributed by atoms with Gasteiger partial charge in [-0.15, -0.1) is 11.3 Å². The van der Waals surface area contributed by atoms with E-state index >= 15 is 0 Å². The van der Waals surface area contributed by atoms with Crippen molar-refractivity contribution >= 4 is 27.5 Å². The van der Waals surface area contributed by atoms with Crippen LogP contribution in [-0.4, -0.2) is 46.5 Å². The number of hydrogen-bond acceptors (Lipinski definition) is 5. The normalized spacial score (nSPS) is 19.3. The molecule has 0 bridgehead atoms. The first-order valence-corrected chi connectivity index (χ1v) is 10.4. The van der Waals surface area contributed by atoms with Gasteiger partial charge in [0.15, 0.2) is 0 Å². The van der Waals surface area contributed by atoms with Crippen molar-refractivity contribution in [2.75, 3.05) is 20.1 Å². The van der Waals surface area contributed by atoms with Crippen molar-refractivity contribution < 1.29 is 4.79 Å². The van der Waals surface area contributed by atoms with Crippen molar-refractivity contribution in [1.82, 2.24) is 19.8 Å². The average molecular weight is 375 g/mol. The molecule has 0 spiro atoms. The monoisotopic (exact) mass is 374 g/mol. The summed E-state index contributed by atoms with van der Waals surface area (Å²) in [5.74, 6) is 0.822. The molecule has 1 fully saturated rings. The summed E-state index contributed by atoms with van der Waals surface area (Å²) < 4.78 is 1.83. The molecule has 2 aromatic heterocycles. The second-order valence-electron chi connectivity index (χ2n) is 7.58. The fourth-order valence-electron chi connectivity index (χ4n) is 4.03. The van der Waals surface area contributed by atoms with Crippen LogP contribution in [0.1, 0.15) is 53.2 Å². The van der Waals surface area contributed by atoms with Crippen LogP contribution in [0.15, 0.2) is 4.79 Å². The van der Waals surface area contributed by atoms with Crippen LogP contribution < -0.4 is 10.9 Å². The van der Waals surface area contributed by atoms with Gasteiger partial charge in [-0.1, -0.05) is 6.42 Å². The molecule has 0 aliphatic carbocycles. The molecule has 140 valence electrons. The van der Waals surface area contributed by atoms with Gasteiger partial charge in [-0.3, -0.25) is 14.2 Å². The van der Waals surface area contributed by atoms with E-state index in [1.54, 1.807) is 0 Å². The zero-order valence-corrected chi connectivity index (χ0v) is 16.3. The number of fused-ring (bicyclic) bond motifs is 2. The SMILES string of the molecule is Cc1c(C(=O)NC2CCN(C)CC2)sc2nc3n(c(=O)c12)CCCCC3. The van der Waals surface area contributed by atoms with Crippen molar-refractivity contribution in [3.63, 3.8) is 0 Å². The topological polar surface area (TPSA) is 67.2 Å². The standard InChI is InChI=1S/C19H26N4O2S/c1-12-15-18(21-14-6-4-3-5-9-23(14)19(15)25)26-16(12)17(24)20-13-7-10-22(2)11-8-13/h13H,3-11H2,1-2H3,(H,20,24). The molecule has 0 atom stereocenters. The van der Waals surface area contributed by atoms with Gasteiger partial charge in [0.2, 0.25) is 0 Å². The van der Waals surface area contributed by atoms with Gasteiger partial charge >= 0.3 is 0 Å². The molecule has 6 nitrogen and oxygen atoms in total. The lowest BCUT2D eigenvalue weighted by atomic mass is 10.1. The van der Waals surface area contributed by atoms with E-state index in [1.165, 1.54) is 11.3 Å². The Morgan fingerprint density at radius 3 is 2.73 bits per heavy atom. The molecule has 4 heterocycles. The smallest absolute Gasteiger partial charge is 0.262 e. The highest BCUT2D eigenvalue weighted by molar-refractivity contribution is 7.20.